The number of hydrogen-bond acceptors (Lipinski definition) is 2. The van der Waals surface area contributed by atoms with Crippen molar-refractivity contribution in [2.24, 2.45) is 5.10 Å². The van der Waals surface area contributed by atoms with E-state index in [4.69, 9.17) is 11.6 Å². The zero-order valence-electron chi connectivity index (χ0n) is 8.42. The van der Waals surface area contributed by atoms with Crippen molar-refractivity contribution >= 4 is 22.8 Å². The molecule has 86 valence electrons. The van der Waals surface area contributed by atoms with Gasteiger partial charge in [0.25, 0.3) is 11.2 Å². The second-order valence-corrected chi connectivity index (χ2v) is 3.54. The third kappa shape index (κ3) is 1.96. The van der Waals surface area contributed by atoms with E-state index in [0.29, 0.717) is 0 Å². The zero-order valence-corrected chi connectivity index (χ0v) is 9.18. The van der Waals surface area contributed by atoms with Crippen LogP contribution < -0.4 is 0 Å². The highest BCUT2D eigenvalue weighted by atomic mass is 35.5. The molecule has 1 aliphatic rings. The molecule has 16 heavy (non-hydrogen) atoms. The van der Waals surface area contributed by atoms with E-state index in [1.54, 1.807) is 0 Å². The summed E-state index contributed by atoms with van der Waals surface area (Å²) >= 11 is 5.08. The predicted molar refractivity (Wildman–Crippen MR) is 57.9 cm³/mol. The van der Waals surface area contributed by atoms with Crippen LogP contribution in [0, 0.1) is 0 Å². The summed E-state index contributed by atoms with van der Waals surface area (Å²) in [5.41, 5.74) is -0.814. The van der Waals surface area contributed by atoms with E-state index >= 15 is 0 Å². The Morgan fingerprint density at radius 3 is 2.19 bits per heavy atom. The third-order valence-corrected chi connectivity index (χ3v) is 2.31. The van der Waals surface area contributed by atoms with E-state index in [1.165, 1.54) is 12.2 Å². The molecule has 0 unspecified atom stereocenters. The van der Waals surface area contributed by atoms with Gasteiger partial charge in [-0.05, 0) is 28.9 Å². The molecule has 0 fully saturated rings. The van der Waals surface area contributed by atoms with Crippen molar-refractivity contribution in [3.8, 4) is 0 Å². The molecule has 0 aromatic rings. The molecule has 0 aromatic heterocycles. The zero-order chi connectivity index (χ0) is 12.3. The molecule has 0 saturated heterocycles. The van der Waals surface area contributed by atoms with Gasteiger partial charge in [0.05, 0.1) is 0 Å². The Balaban J connectivity index is 3.29. The highest BCUT2D eigenvalue weighted by molar-refractivity contribution is 6.70. The maximum Gasteiger partial charge on any atom is 0.329 e. The number of quaternary nitrogens is 1. The molecule has 0 atom stereocenters. The average molecular weight is 248 g/mol. The number of carbonyl (C=O) groups excluding carboxylic acids is 1. The van der Waals surface area contributed by atoms with Crippen LogP contribution in [0.2, 0.25) is 0 Å². The molecule has 0 N–H and O–H groups in total. The average Bonchev–Trinajstić information content (AvgIpc) is 2.39. The molecular formula is C10H10ClF2N2O+. The molecular weight excluding hydrogens is 238 g/mol. The number of allylic oxidation sites excluding steroid dienone is 1. The topological polar surface area (TPSA) is 29.4 Å². The number of carbonyl (C=O) groups is 1. The van der Waals surface area contributed by atoms with E-state index < -0.39 is 27.3 Å². The van der Waals surface area contributed by atoms with Gasteiger partial charge in [-0.15, -0.1) is 8.98 Å². The molecule has 6 heteroatoms. The predicted octanol–water partition coefficient (Wildman–Crippen LogP) is 2.42. The second kappa shape index (κ2) is 4.67. The molecule has 0 aliphatic carbocycles. The molecule has 0 radical (unpaired) electrons. The molecule has 0 bridgehead atoms. The Kier molecular flexibility index (Phi) is 3.72. The van der Waals surface area contributed by atoms with Gasteiger partial charge in [0, 0.05) is 0 Å². The highest BCUT2D eigenvalue weighted by Gasteiger charge is 2.46. The lowest BCUT2D eigenvalue weighted by Gasteiger charge is -2.23. The fraction of sp³-hybridized carbons (Fsp3) is 0.200. The van der Waals surface area contributed by atoms with Crippen LogP contribution in [-0.2, 0) is 4.79 Å². The van der Waals surface area contributed by atoms with Gasteiger partial charge in [-0.25, -0.2) is 0 Å². The van der Waals surface area contributed by atoms with Crippen LogP contribution in [0.15, 0.2) is 41.9 Å². The van der Waals surface area contributed by atoms with Gasteiger partial charge in [0.15, 0.2) is 5.57 Å². The van der Waals surface area contributed by atoms with Gasteiger partial charge in [-0.1, -0.05) is 13.2 Å². The van der Waals surface area contributed by atoms with Crippen molar-refractivity contribution in [3.63, 3.8) is 0 Å². The highest BCUT2D eigenvalue weighted by Crippen LogP contribution is 2.32. The maximum atomic E-state index is 13.9. The molecule has 0 aromatic carbocycles. The van der Waals surface area contributed by atoms with Crippen LogP contribution in [-0.4, -0.2) is 28.9 Å². The minimum Gasteiger partial charge on any atom is -0.275 e. The van der Waals surface area contributed by atoms with Gasteiger partial charge >= 0.3 is 5.95 Å². The summed E-state index contributed by atoms with van der Waals surface area (Å²) in [4.78, 5) is 10.8. The summed E-state index contributed by atoms with van der Waals surface area (Å²) in [7, 11) is 0. The van der Waals surface area contributed by atoms with Crippen molar-refractivity contribution in [1.29, 1.82) is 0 Å². The first-order chi connectivity index (χ1) is 7.48. The summed E-state index contributed by atoms with van der Waals surface area (Å²) < 4.78 is 26.5. The number of hydrogen-bond donors (Lipinski definition) is 0. The lowest BCUT2D eigenvalue weighted by molar-refractivity contribution is -0.895. The monoisotopic (exact) mass is 247 g/mol. The Morgan fingerprint density at radius 2 is 1.88 bits per heavy atom. The number of nitrogens with zero attached hydrogens (tertiary/aromatic N) is 2. The van der Waals surface area contributed by atoms with Crippen molar-refractivity contribution < 1.29 is 18.2 Å². The minimum atomic E-state index is -1.20. The van der Waals surface area contributed by atoms with Crippen LogP contribution in [0.1, 0.15) is 0 Å². The Bertz CT molecular complexity index is 405. The van der Waals surface area contributed by atoms with E-state index in [9.17, 15) is 13.6 Å². The van der Waals surface area contributed by atoms with Crippen LogP contribution >= 0.6 is 11.6 Å². The van der Waals surface area contributed by atoms with Crippen molar-refractivity contribution in [1.82, 2.24) is 0 Å². The largest absolute Gasteiger partial charge is 0.329 e. The molecule has 1 rings (SSSR count). The normalized spacial score (nSPS) is 18.3. The standard InChI is InChI=1S/C10H10ClF2N2O/c1-3-5-15(6-4-2)10(13)7(8(11)16)9(12)14-15/h3-4H,1-2,5-6H2/q+1. The summed E-state index contributed by atoms with van der Waals surface area (Å²) in [6, 6.07) is 0. The first kappa shape index (κ1) is 12.7. The fourth-order valence-electron chi connectivity index (χ4n) is 1.46. The lowest BCUT2D eigenvalue weighted by Crippen LogP contribution is -2.39. The smallest absolute Gasteiger partial charge is 0.275 e. The molecule has 0 spiro atoms. The van der Waals surface area contributed by atoms with E-state index in [-0.39, 0.29) is 13.1 Å². The van der Waals surface area contributed by atoms with E-state index in [2.05, 4.69) is 18.3 Å². The third-order valence-electron chi connectivity index (χ3n) is 2.12. The van der Waals surface area contributed by atoms with Crippen molar-refractivity contribution in [2.45, 2.75) is 0 Å². The van der Waals surface area contributed by atoms with Crippen LogP contribution in [0.4, 0.5) is 8.78 Å². The second-order valence-electron chi connectivity index (χ2n) is 3.20. The maximum absolute atomic E-state index is 13.9. The summed E-state index contributed by atoms with van der Waals surface area (Å²) in [6.07, 6.45) is 2.75. The first-order valence-corrected chi connectivity index (χ1v) is 4.81. The SMILES string of the molecule is C=CC[N+]1(CC=C)N=C(F)C(C(=O)Cl)=C1F. The molecule has 3 nitrogen and oxygen atoms in total. The van der Waals surface area contributed by atoms with Gasteiger partial charge in [-0.3, -0.25) is 4.79 Å². The van der Waals surface area contributed by atoms with Gasteiger partial charge in [0.1, 0.15) is 13.1 Å². The fourth-order valence-corrected chi connectivity index (χ4v) is 1.62. The van der Waals surface area contributed by atoms with Crippen LogP contribution in [0.5, 0.6) is 0 Å². The summed E-state index contributed by atoms with van der Waals surface area (Å²) in [5.74, 6) is -2.21. The number of halogens is 3. The van der Waals surface area contributed by atoms with Gasteiger partial charge in [0.2, 0.25) is 0 Å². The van der Waals surface area contributed by atoms with Crippen molar-refractivity contribution in [3.05, 3.63) is 36.8 Å². The molecule has 0 amide bonds. The quantitative estimate of drug-likeness (QED) is 0.318. The lowest BCUT2D eigenvalue weighted by atomic mass is 10.3. The summed E-state index contributed by atoms with van der Waals surface area (Å²) in [5, 5.41) is 2.27. The van der Waals surface area contributed by atoms with Gasteiger partial charge < -0.3 is 0 Å². The Morgan fingerprint density at radius 1 is 1.38 bits per heavy atom. The molecule has 0 saturated carbocycles. The van der Waals surface area contributed by atoms with E-state index in [0.717, 1.165) is 0 Å². The Labute approximate surface area is 96.6 Å². The molecule has 1 aliphatic heterocycles. The first-order valence-electron chi connectivity index (χ1n) is 4.43. The molecule has 1 heterocycles. The number of rotatable bonds is 5. The minimum absolute atomic E-state index is 0.0128. The van der Waals surface area contributed by atoms with E-state index in [1.807, 2.05) is 0 Å². The Hall–Kier alpha value is -1.33. The summed E-state index contributed by atoms with van der Waals surface area (Å²) in [6.45, 7) is 6.89. The van der Waals surface area contributed by atoms with Gasteiger partial charge in [-0.2, -0.15) is 4.39 Å². The van der Waals surface area contributed by atoms with Crippen LogP contribution in [0.3, 0.4) is 0 Å². The van der Waals surface area contributed by atoms with Crippen LogP contribution in [0.25, 0.3) is 0 Å². The van der Waals surface area contributed by atoms with Crippen molar-refractivity contribution in [2.75, 3.05) is 13.1 Å².